The van der Waals surface area contributed by atoms with E-state index in [4.69, 9.17) is 5.73 Å². The van der Waals surface area contributed by atoms with Crippen LogP contribution in [-0.4, -0.2) is 15.9 Å². The summed E-state index contributed by atoms with van der Waals surface area (Å²) < 4.78 is 0.929. The second-order valence-electron chi connectivity index (χ2n) is 2.23. The third kappa shape index (κ3) is 1.04. The number of hydrogen-bond acceptors (Lipinski definition) is 4. The number of nitrogens with zero attached hydrogens (tertiary/aromatic N) is 2. The molecule has 2 N–H and O–H groups in total. The fraction of sp³-hybridized carbons (Fsp3) is 0. The van der Waals surface area contributed by atoms with Gasteiger partial charge in [0.15, 0.2) is 5.01 Å². The van der Waals surface area contributed by atoms with E-state index < -0.39 is 5.91 Å². The zero-order chi connectivity index (χ0) is 8.55. The molecule has 0 unspecified atom stereocenters. The highest BCUT2D eigenvalue weighted by molar-refractivity contribution is 7.20. The van der Waals surface area contributed by atoms with Crippen LogP contribution >= 0.6 is 11.3 Å². The molecule has 0 bridgehead atoms. The van der Waals surface area contributed by atoms with Gasteiger partial charge in [0.1, 0.15) is 5.52 Å². The number of aromatic nitrogens is 2. The maximum absolute atomic E-state index is 10.7. The summed E-state index contributed by atoms with van der Waals surface area (Å²) in [4.78, 5) is 18.6. The molecule has 0 aliphatic heterocycles. The molecule has 0 radical (unpaired) electrons. The molecule has 60 valence electrons. The highest BCUT2D eigenvalue weighted by Crippen LogP contribution is 2.19. The zero-order valence-electron chi connectivity index (χ0n) is 6.02. The molecule has 0 aromatic carbocycles. The fourth-order valence-corrected chi connectivity index (χ4v) is 1.67. The van der Waals surface area contributed by atoms with Crippen molar-refractivity contribution in [1.82, 2.24) is 9.97 Å². The Bertz CT molecular complexity index is 404. The van der Waals surface area contributed by atoms with Crippen molar-refractivity contribution < 1.29 is 4.79 Å². The van der Waals surface area contributed by atoms with E-state index in [0.717, 1.165) is 10.2 Å². The van der Waals surface area contributed by atoms with Crippen molar-refractivity contribution in [3.8, 4) is 0 Å². The van der Waals surface area contributed by atoms with E-state index in [-0.39, 0.29) is 0 Å². The van der Waals surface area contributed by atoms with Gasteiger partial charge in [-0.2, -0.15) is 0 Å². The van der Waals surface area contributed by atoms with Crippen LogP contribution < -0.4 is 5.73 Å². The first-order chi connectivity index (χ1) is 5.77. The van der Waals surface area contributed by atoms with E-state index in [1.54, 1.807) is 18.5 Å². The Balaban J connectivity index is 2.70. The van der Waals surface area contributed by atoms with E-state index >= 15 is 0 Å². The molecule has 0 fully saturated rings. The molecule has 0 aliphatic carbocycles. The second-order valence-corrected chi connectivity index (χ2v) is 3.26. The lowest BCUT2D eigenvalue weighted by Crippen LogP contribution is -2.09. The van der Waals surface area contributed by atoms with Gasteiger partial charge in [0.05, 0.1) is 10.9 Å². The first-order valence-corrected chi connectivity index (χ1v) is 4.09. The Morgan fingerprint density at radius 1 is 1.58 bits per heavy atom. The number of fused-ring (bicyclic) bond motifs is 1. The number of amides is 1. The number of hydrogen-bond donors (Lipinski definition) is 1. The SMILES string of the molecule is NC(=O)c1nc2cnccc2s1. The Morgan fingerprint density at radius 3 is 3.08 bits per heavy atom. The van der Waals surface area contributed by atoms with Gasteiger partial charge in [0.25, 0.3) is 5.91 Å². The van der Waals surface area contributed by atoms with Crippen LogP contribution in [-0.2, 0) is 0 Å². The lowest BCUT2D eigenvalue weighted by molar-refractivity contribution is 0.1000. The van der Waals surface area contributed by atoms with Crippen molar-refractivity contribution in [2.24, 2.45) is 5.73 Å². The average molecular weight is 179 g/mol. The fourth-order valence-electron chi connectivity index (χ4n) is 0.885. The van der Waals surface area contributed by atoms with Crippen molar-refractivity contribution in [3.63, 3.8) is 0 Å². The van der Waals surface area contributed by atoms with Gasteiger partial charge in [-0.05, 0) is 6.07 Å². The minimum absolute atomic E-state index is 0.331. The monoisotopic (exact) mass is 179 g/mol. The normalized spacial score (nSPS) is 10.3. The summed E-state index contributed by atoms with van der Waals surface area (Å²) in [6, 6.07) is 1.80. The van der Waals surface area contributed by atoms with E-state index in [0.29, 0.717) is 5.01 Å². The van der Waals surface area contributed by atoms with Crippen LogP contribution in [0.25, 0.3) is 10.2 Å². The molecule has 0 aliphatic rings. The number of pyridine rings is 1. The van der Waals surface area contributed by atoms with E-state index in [9.17, 15) is 4.79 Å². The van der Waals surface area contributed by atoms with Gasteiger partial charge in [-0.3, -0.25) is 9.78 Å². The Hall–Kier alpha value is -1.49. The van der Waals surface area contributed by atoms with Crippen molar-refractivity contribution in [2.75, 3.05) is 0 Å². The smallest absolute Gasteiger partial charge is 0.277 e. The molecule has 2 aromatic heterocycles. The minimum Gasteiger partial charge on any atom is -0.364 e. The molecular weight excluding hydrogens is 174 g/mol. The molecule has 2 aromatic rings. The summed E-state index contributed by atoms with van der Waals surface area (Å²) >= 11 is 1.28. The van der Waals surface area contributed by atoms with Gasteiger partial charge in [-0.1, -0.05) is 0 Å². The van der Waals surface area contributed by atoms with E-state index in [2.05, 4.69) is 9.97 Å². The Kier molecular flexibility index (Phi) is 1.51. The predicted octanol–water partition coefficient (Wildman–Crippen LogP) is 0.790. The largest absolute Gasteiger partial charge is 0.364 e. The Labute approximate surface area is 72.1 Å². The van der Waals surface area contributed by atoms with Gasteiger partial charge in [0, 0.05) is 6.20 Å². The molecule has 0 saturated carbocycles. The summed E-state index contributed by atoms with van der Waals surface area (Å²) in [5, 5.41) is 0.331. The zero-order valence-corrected chi connectivity index (χ0v) is 6.84. The molecule has 4 nitrogen and oxygen atoms in total. The van der Waals surface area contributed by atoms with Crippen LogP contribution in [0.4, 0.5) is 0 Å². The molecule has 2 rings (SSSR count). The molecule has 0 spiro atoms. The van der Waals surface area contributed by atoms with E-state index in [1.807, 2.05) is 0 Å². The summed E-state index contributed by atoms with van der Waals surface area (Å²) in [6.45, 7) is 0. The van der Waals surface area contributed by atoms with Crippen molar-refractivity contribution in [1.29, 1.82) is 0 Å². The topological polar surface area (TPSA) is 68.9 Å². The maximum Gasteiger partial charge on any atom is 0.277 e. The number of primary amides is 1. The highest BCUT2D eigenvalue weighted by atomic mass is 32.1. The van der Waals surface area contributed by atoms with Crippen molar-refractivity contribution >= 4 is 27.5 Å². The van der Waals surface area contributed by atoms with Crippen LogP contribution in [0.1, 0.15) is 9.80 Å². The molecule has 5 heteroatoms. The first kappa shape index (κ1) is 7.17. The van der Waals surface area contributed by atoms with Gasteiger partial charge < -0.3 is 5.73 Å². The van der Waals surface area contributed by atoms with Crippen molar-refractivity contribution in [3.05, 3.63) is 23.5 Å². The van der Waals surface area contributed by atoms with Gasteiger partial charge in [0.2, 0.25) is 0 Å². The molecule has 0 saturated heterocycles. The third-order valence-electron chi connectivity index (χ3n) is 1.40. The number of nitrogens with two attached hydrogens (primary N) is 1. The van der Waals surface area contributed by atoms with E-state index in [1.165, 1.54) is 11.3 Å². The number of thiazole rings is 1. The van der Waals surface area contributed by atoms with Crippen LogP contribution in [0.5, 0.6) is 0 Å². The molecule has 2 heterocycles. The minimum atomic E-state index is -0.490. The highest BCUT2D eigenvalue weighted by Gasteiger charge is 2.07. The molecule has 0 atom stereocenters. The van der Waals surface area contributed by atoms with Crippen LogP contribution in [0, 0.1) is 0 Å². The van der Waals surface area contributed by atoms with Crippen LogP contribution in [0.15, 0.2) is 18.5 Å². The maximum atomic E-state index is 10.7. The quantitative estimate of drug-likeness (QED) is 0.703. The lowest BCUT2D eigenvalue weighted by Gasteiger charge is -1.80. The van der Waals surface area contributed by atoms with Gasteiger partial charge in [-0.15, -0.1) is 11.3 Å². The number of carbonyl (C=O) groups is 1. The summed E-state index contributed by atoms with van der Waals surface area (Å²) in [6.07, 6.45) is 3.27. The summed E-state index contributed by atoms with van der Waals surface area (Å²) in [5.74, 6) is -0.490. The molecule has 12 heavy (non-hydrogen) atoms. The number of rotatable bonds is 1. The second kappa shape index (κ2) is 2.53. The van der Waals surface area contributed by atoms with Crippen LogP contribution in [0.3, 0.4) is 0 Å². The summed E-state index contributed by atoms with van der Waals surface area (Å²) in [7, 11) is 0. The first-order valence-electron chi connectivity index (χ1n) is 3.28. The van der Waals surface area contributed by atoms with Gasteiger partial charge >= 0.3 is 0 Å². The number of carbonyl (C=O) groups excluding carboxylic acids is 1. The lowest BCUT2D eigenvalue weighted by atomic mass is 10.4. The Morgan fingerprint density at radius 2 is 2.42 bits per heavy atom. The van der Waals surface area contributed by atoms with Crippen molar-refractivity contribution in [2.45, 2.75) is 0 Å². The standard InChI is InChI=1S/C7H5N3OS/c8-6(11)7-10-4-3-9-2-1-5(4)12-7/h1-3H,(H2,8,11). The van der Waals surface area contributed by atoms with Gasteiger partial charge in [-0.25, -0.2) is 4.98 Å². The third-order valence-corrected chi connectivity index (χ3v) is 2.45. The summed E-state index contributed by atoms with van der Waals surface area (Å²) in [5.41, 5.74) is 5.78. The average Bonchev–Trinajstić information content (AvgIpc) is 2.46. The predicted molar refractivity (Wildman–Crippen MR) is 45.9 cm³/mol. The molecule has 1 amide bonds. The molecular formula is C7H5N3OS. The van der Waals surface area contributed by atoms with Crippen LogP contribution in [0.2, 0.25) is 0 Å².